The minimum Gasteiger partial charge on any atom is -0.353 e. The van der Waals surface area contributed by atoms with Crippen LogP contribution in [0.5, 0.6) is 0 Å². The minimum absolute atomic E-state index is 0.0127. The van der Waals surface area contributed by atoms with E-state index in [1.807, 2.05) is 36.9 Å². The summed E-state index contributed by atoms with van der Waals surface area (Å²) in [6.07, 6.45) is 3.92. The number of hydrogen-bond donors (Lipinski definition) is 1. The van der Waals surface area contributed by atoms with Crippen molar-refractivity contribution in [3.8, 4) is 0 Å². The van der Waals surface area contributed by atoms with Crippen molar-refractivity contribution in [3.05, 3.63) is 29.3 Å². The zero-order valence-corrected chi connectivity index (χ0v) is 16.7. The summed E-state index contributed by atoms with van der Waals surface area (Å²) in [6.45, 7) is 5.93. The molecule has 1 aromatic rings. The van der Waals surface area contributed by atoms with Crippen molar-refractivity contribution in [2.45, 2.75) is 52.0 Å². The molecule has 2 aliphatic heterocycles. The zero-order chi connectivity index (χ0) is 19.8. The van der Waals surface area contributed by atoms with Gasteiger partial charge in [0.15, 0.2) is 0 Å². The lowest BCUT2D eigenvalue weighted by Crippen LogP contribution is -2.48. The Labute approximate surface area is 166 Å². The topological polar surface area (TPSA) is 69.7 Å². The van der Waals surface area contributed by atoms with E-state index in [-0.39, 0.29) is 42.0 Å². The second-order valence-corrected chi connectivity index (χ2v) is 8.51. The Kier molecular flexibility index (Phi) is 5.13. The molecule has 3 amide bonds. The maximum absolute atomic E-state index is 12.8. The second kappa shape index (κ2) is 7.57. The number of nitrogens with zero attached hydrogens (tertiary/aromatic N) is 2. The molecule has 1 N–H and O–H groups in total. The van der Waals surface area contributed by atoms with Crippen molar-refractivity contribution in [1.29, 1.82) is 0 Å². The maximum atomic E-state index is 12.8. The molecule has 0 aromatic heterocycles. The van der Waals surface area contributed by atoms with Crippen LogP contribution in [-0.2, 0) is 14.4 Å². The van der Waals surface area contributed by atoms with Gasteiger partial charge >= 0.3 is 0 Å². The van der Waals surface area contributed by atoms with Gasteiger partial charge in [-0.15, -0.1) is 0 Å². The Balaban J connectivity index is 1.31. The van der Waals surface area contributed by atoms with Gasteiger partial charge in [0.2, 0.25) is 17.7 Å². The number of benzene rings is 1. The van der Waals surface area contributed by atoms with Crippen LogP contribution in [0, 0.1) is 25.7 Å². The first-order valence-electron chi connectivity index (χ1n) is 10.4. The Morgan fingerprint density at radius 1 is 1.04 bits per heavy atom. The number of anilines is 1. The largest absolute Gasteiger partial charge is 0.353 e. The third kappa shape index (κ3) is 3.77. The lowest BCUT2D eigenvalue weighted by atomic mass is 10.0. The number of aryl methyl sites for hydroxylation is 1. The van der Waals surface area contributed by atoms with Gasteiger partial charge in [-0.25, -0.2) is 0 Å². The van der Waals surface area contributed by atoms with Crippen LogP contribution in [0.15, 0.2) is 18.2 Å². The molecule has 2 heterocycles. The number of carbonyl (C=O) groups is 3. The van der Waals surface area contributed by atoms with Crippen LogP contribution in [0.4, 0.5) is 5.69 Å². The van der Waals surface area contributed by atoms with Gasteiger partial charge in [0.1, 0.15) is 0 Å². The molecule has 4 rings (SSSR count). The highest BCUT2D eigenvalue weighted by atomic mass is 16.2. The molecule has 2 saturated heterocycles. The summed E-state index contributed by atoms with van der Waals surface area (Å²) < 4.78 is 0. The fourth-order valence-corrected chi connectivity index (χ4v) is 4.30. The van der Waals surface area contributed by atoms with Crippen LogP contribution in [0.1, 0.15) is 43.2 Å². The van der Waals surface area contributed by atoms with Crippen LogP contribution in [0.25, 0.3) is 0 Å². The molecule has 1 unspecified atom stereocenters. The van der Waals surface area contributed by atoms with Crippen molar-refractivity contribution in [3.63, 3.8) is 0 Å². The molecular formula is C22H29N3O3. The predicted molar refractivity (Wildman–Crippen MR) is 107 cm³/mol. The van der Waals surface area contributed by atoms with E-state index in [2.05, 4.69) is 5.32 Å². The van der Waals surface area contributed by atoms with Crippen LogP contribution < -0.4 is 10.2 Å². The van der Waals surface area contributed by atoms with Gasteiger partial charge in [-0.1, -0.05) is 12.1 Å². The smallest absolute Gasteiger partial charge is 0.227 e. The van der Waals surface area contributed by atoms with Crippen LogP contribution in [0.3, 0.4) is 0 Å². The Morgan fingerprint density at radius 2 is 1.75 bits per heavy atom. The van der Waals surface area contributed by atoms with Gasteiger partial charge in [0, 0.05) is 43.7 Å². The number of rotatable bonds is 4. The summed E-state index contributed by atoms with van der Waals surface area (Å²) in [7, 11) is 0. The first-order valence-corrected chi connectivity index (χ1v) is 10.4. The molecule has 6 nitrogen and oxygen atoms in total. The predicted octanol–water partition coefficient (Wildman–Crippen LogP) is 2.17. The van der Waals surface area contributed by atoms with Crippen LogP contribution in [-0.4, -0.2) is 48.3 Å². The van der Waals surface area contributed by atoms with E-state index in [0.717, 1.165) is 55.6 Å². The zero-order valence-electron chi connectivity index (χ0n) is 16.7. The highest BCUT2D eigenvalue weighted by Crippen LogP contribution is 2.32. The molecule has 150 valence electrons. The highest BCUT2D eigenvalue weighted by Gasteiger charge is 2.38. The number of amides is 3. The van der Waals surface area contributed by atoms with Crippen molar-refractivity contribution < 1.29 is 14.4 Å². The monoisotopic (exact) mass is 383 g/mol. The molecule has 6 heteroatoms. The Hall–Kier alpha value is -2.37. The molecule has 1 aliphatic carbocycles. The van der Waals surface area contributed by atoms with Crippen molar-refractivity contribution in [2.24, 2.45) is 11.8 Å². The Morgan fingerprint density at radius 3 is 2.43 bits per heavy atom. The Bertz CT molecular complexity index is 794. The molecule has 3 fully saturated rings. The molecule has 0 spiro atoms. The number of piperidine rings is 1. The van der Waals surface area contributed by atoms with Gasteiger partial charge < -0.3 is 15.1 Å². The molecule has 3 aliphatic rings. The van der Waals surface area contributed by atoms with E-state index < -0.39 is 0 Å². The summed E-state index contributed by atoms with van der Waals surface area (Å²) in [5, 5.41) is 3.13. The summed E-state index contributed by atoms with van der Waals surface area (Å²) >= 11 is 0. The highest BCUT2D eigenvalue weighted by molar-refractivity contribution is 6.01. The summed E-state index contributed by atoms with van der Waals surface area (Å²) in [5.74, 6) is 0.215. The van der Waals surface area contributed by atoms with E-state index in [1.165, 1.54) is 0 Å². The number of nitrogens with one attached hydrogen (secondary N) is 1. The van der Waals surface area contributed by atoms with Crippen molar-refractivity contribution in [2.75, 3.05) is 24.5 Å². The second-order valence-electron chi connectivity index (χ2n) is 8.51. The normalized spacial score (nSPS) is 23.2. The lowest BCUT2D eigenvalue weighted by Gasteiger charge is -2.33. The number of likely N-dealkylation sites (tertiary alicyclic amines) is 1. The first-order chi connectivity index (χ1) is 13.4. The number of hydrogen-bond acceptors (Lipinski definition) is 3. The molecular weight excluding hydrogens is 354 g/mol. The molecule has 28 heavy (non-hydrogen) atoms. The summed E-state index contributed by atoms with van der Waals surface area (Å²) in [6, 6.07) is 6.03. The van der Waals surface area contributed by atoms with Crippen molar-refractivity contribution >= 4 is 23.4 Å². The van der Waals surface area contributed by atoms with Gasteiger partial charge in [-0.3, -0.25) is 14.4 Å². The average Bonchev–Trinajstić information content (AvgIpc) is 3.46. The van der Waals surface area contributed by atoms with E-state index in [0.29, 0.717) is 6.54 Å². The van der Waals surface area contributed by atoms with E-state index in [4.69, 9.17) is 0 Å². The van der Waals surface area contributed by atoms with Crippen LogP contribution >= 0.6 is 0 Å². The summed E-state index contributed by atoms with van der Waals surface area (Å²) in [5.41, 5.74) is 3.14. The molecule has 1 saturated carbocycles. The molecule has 0 radical (unpaired) electrons. The van der Waals surface area contributed by atoms with Crippen molar-refractivity contribution in [1.82, 2.24) is 10.2 Å². The van der Waals surface area contributed by atoms with Gasteiger partial charge in [-0.05, 0) is 56.7 Å². The van der Waals surface area contributed by atoms with Crippen LogP contribution in [0.2, 0.25) is 0 Å². The maximum Gasteiger partial charge on any atom is 0.227 e. The van der Waals surface area contributed by atoms with Gasteiger partial charge in [0.25, 0.3) is 0 Å². The molecule has 1 atom stereocenters. The number of carbonyl (C=O) groups excluding carboxylic acids is 3. The first kappa shape index (κ1) is 19.0. The third-order valence-electron chi connectivity index (χ3n) is 6.44. The molecule has 0 bridgehead atoms. The fraction of sp³-hybridized carbons (Fsp3) is 0.591. The molecule has 1 aromatic carbocycles. The SMILES string of the molecule is Cc1cccc(N2CC(C(=O)NC3CCN(C(=O)C4CC4)CC3)CC2=O)c1C. The lowest BCUT2D eigenvalue weighted by molar-refractivity contribution is -0.134. The third-order valence-corrected chi connectivity index (χ3v) is 6.44. The van der Waals surface area contributed by atoms with Gasteiger partial charge in [-0.2, -0.15) is 0 Å². The van der Waals surface area contributed by atoms with E-state index >= 15 is 0 Å². The average molecular weight is 383 g/mol. The quantitative estimate of drug-likeness (QED) is 0.866. The van der Waals surface area contributed by atoms with E-state index in [1.54, 1.807) is 4.90 Å². The fourth-order valence-electron chi connectivity index (χ4n) is 4.30. The van der Waals surface area contributed by atoms with Gasteiger partial charge in [0.05, 0.1) is 5.92 Å². The standard InChI is InChI=1S/C22H29N3O3/c1-14-4-3-5-19(15(14)2)25-13-17(12-20(25)26)21(27)23-18-8-10-24(11-9-18)22(28)16-6-7-16/h3-5,16-18H,6-13H2,1-2H3,(H,23,27). The minimum atomic E-state index is -0.307. The van der Waals surface area contributed by atoms with E-state index in [9.17, 15) is 14.4 Å². The summed E-state index contributed by atoms with van der Waals surface area (Å²) in [4.78, 5) is 41.1.